The van der Waals surface area contributed by atoms with Crippen LogP contribution in [-0.4, -0.2) is 19.3 Å². The van der Waals surface area contributed by atoms with E-state index in [1.165, 1.54) is 5.56 Å². The van der Waals surface area contributed by atoms with E-state index in [0.717, 1.165) is 48.4 Å². The molecule has 1 fully saturated rings. The zero-order chi connectivity index (χ0) is 15.5. The van der Waals surface area contributed by atoms with Crippen LogP contribution in [0.5, 0.6) is 0 Å². The molecule has 1 saturated heterocycles. The minimum Gasteiger partial charge on any atom is -0.369 e. The quantitative estimate of drug-likeness (QED) is 0.743. The summed E-state index contributed by atoms with van der Waals surface area (Å²) in [5, 5.41) is 0. The highest BCUT2D eigenvalue weighted by atomic mass is 19.1. The van der Waals surface area contributed by atoms with Crippen LogP contribution in [-0.2, 0) is 0 Å². The highest BCUT2D eigenvalue weighted by Gasteiger charge is 2.17. The lowest BCUT2D eigenvalue weighted by Crippen LogP contribution is -2.19. The van der Waals surface area contributed by atoms with Gasteiger partial charge in [-0.05, 0) is 62.1 Å². The Balaban J connectivity index is 1.85. The maximum atomic E-state index is 14.4. The summed E-state index contributed by atoms with van der Waals surface area (Å²) >= 11 is 0. The zero-order valence-electron chi connectivity index (χ0n) is 13.1. The molecule has 0 aliphatic carbocycles. The van der Waals surface area contributed by atoms with E-state index in [1.54, 1.807) is 12.3 Å². The van der Waals surface area contributed by atoms with Crippen LogP contribution < -0.4 is 4.90 Å². The second kappa shape index (κ2) is 6.30. The van der Waals surface area contributed by atoms with E-state index in [-0.39, 0.29) is 5.82 Å². The van der Waals surface area contributed by atoms with Gasteiger partial charge >= 0.3 is 0 Å². The molecule has 0 spiro atoms. The van der Waals surface area contributed by atoms with Crippen LogP contribution in [0.15, 0.2) is 41.4 Å². The number of benzene rings is 2. The average molecular weight is 296 g/mol. The van der Waals surface area contributed by atoms with Crippen LogP contribution in [0.3, 0.4) is 0 Å². The molecule has 0 saturated carbocycles. The Morgan fingerprint density at radius 2 is 1.73 bits per heavy atom. The van der Waals surface area contributed by atoms with Crippen molar-refractivity contribution < 1.29 is 4.39 Å². The summed E-state index contributed by atoms with van der Waals surface area (Å²) in [5.41, 5.74) is 4.70. The van der Waals surface area contributed by atoms with Crippen molar-refractivity contribution in [3.63, 3.8) is 0 Å². The molecule has 0 aromatic heterocycles. The molecule has 1 aliphatic rings. The van der Waals surface area contributed by atoms with E-state index in [2.05, 4.69) is 9.89 Å². The standard InChI is InChI=1S/C19H21FN2/c1-14-5-7-17(8-6-14)21-13-16-12-18(20)19(11-15(16)2)22-9-3-4-10-22/h5-8,11-13H,3-4,9-10H2,1-2H3. The lowest BCUT2D eigenvalue weighted by molar-refractivity contribution is 0.622. The minimum absolute atomic E-state index is 0.155. The second-order valence-electron chi connectivity index (χ2n) is 5.95. The van der Waals surface area contributed by atoms with Gasteiger partial charge in [-0.25, -0.2) is 4.39 Å². The van der Waals surface area contributed by atoms with Gasteiger partial charge < -0.3 is 4.90 Å². The normalized spacial score (nSPS) is 15.0. The Bertz CT molecular complexity index is 683. The van der Waals surface area contributed by atoms with Crippen molar-refractivity contribution in [2.75, 3.05) is 18.0 Å². The summed E-state index contributed by atoms with van der Waals surface area (Å²) in [6, 6.07) is 11.5. The Hall–Kier alpha value is -2.16. The maximum Gasteiger partial charge on any atom is 0.147 e. The average Bonchev–Trinajstić information content (AvgIpc) is 3.03. The van der Waals surface area contributed by atoms with Crippen LogP contribution in [0.2, 0.25) is 0 Å². The van der Waals surface area contributed by atoms with Gasteiger partial charge in [-0.2, -0.15) is 0 Å². The van der Waals surface area contributed by atoms with Crippen molar-refractivity contribution in [2.24, 2.45) is 4.99 Å². The molecule has 0 amide bonds. The van der Waals surface area contributed by atoms with E-state index in [0.29, 0.717) is 0 Å². The number of nitrogens with zero attached hydrogens (tertiary/aromatic N) is 2. The van der Waals surface area contributed by atoms with Crippen molar-refractivity contribution >= 4 is 17.6 Å². The summed E-state index contributed by atoms with van der Waals surface area (Å²) < 4.78 is 14.4. The fourth-order valence-electron chi connectivity index (χ4n) is 2.80. The number of hydrogen-bond donors (Lipinski definition) is 0. The molecule has 3 rings (SSSR count). The van der Waals surface area contributed by atoms with Crippen LogP contribution in [0.1, 0.15) is 29.5 Å². The first kappa shape index (κ1) is 14.8. The van der Waals surface area contributed by atoms with E-state index in [4.69, 9.17) is 0 Å². The highest BCUT2D eigenvalue weighted by Crippen LogP contribution is 2.26. The van der Waals surface area contributed by atoms with E-state index in [9.17, 15) is 4.39 Å². The van der Waals surface area contributed by atoms with Crippen LogP contribution >= 0.6 is 0 Å². The largest absolute Gasteiger partial charge is 0.369 e. The lowest BCUT2D eigenvalue weighted by Gasteiger charge is -2.19. The molecule has 114 valence electrons. The van der Waals surface area contributed by atoms with Gasteiger partial charge in [-0.15, -0.1) is 0 Å². The third-order valence-corrected chi connectivity index (χ3v) is 4.17. The molecule has 1 heterocycles. The highest BCUT2D eigenvalue weighted by molar-refractivity contribution is 5.84. The van der Waals surface area contributed by atoms with Crippen molar-refractivity contribution in [3.05, 3.63) is 58.9 Å². The molecule has 2 aromatic carbocycles. The van der Waals surface area contributed by atoms with E-state index < -0.39 is 0 Å². The summed E-state index contributed by atoms with van der Waals surface area (Å²) in [6.45, 7) is 5.96. The minimum atomic E-state index is -0.155. The monoisotopic (exact) mass is 296 g/mol. The zero-order valence-corrected chi connectivity index (χ0v) is 13.1. The maximum absolute atomic E-state index is 14.4. The lowest BCUT2D eigenvalue weighted by atomic mass is 10.1. The third kappa shape index (κ3) is 3.19. The Morgan fingerprint density at radius 3 is 2.41 bits per heavy atom. The number of rotatable bonds is 3. The van der Waals surface area contributed by atoms with Gasteiger partial charge in [-0.3, -0.25) is 4.99 Å². The number of hydrogen-bond acceptors (Lipinski definition) is 2. The first-order chi connectivity index (χ1) is 10.6. The van der Waals surface area contributed by atoms with Crippen molar-refractivity contribution in [2.45, 2.75) is 26.7 Å². The molecule has 1 aliphatic heterocycles. The fraction of sp³-hybridized carbons (Fsp3) is 0.316. The smallest absolute Gasteiger partial charge is 0.147 e. The van der Waals surface area contributed by atoms with Crippen molar-refractivity contribution in [3.8, 4) is 0 Å². The van der Waals surface area contributed by atoms with Crippen LogP contribution in [0, 0.1) is 19.7 Å². The van der Waals surface area contributed by atoms with Crippen LogP contribution in [0.4, 0.5) is 15.8 Å². The van der Waals surface area contributed by atoms with E-state index in [1.807, 2.05) is 44.2 Å². The van der Waals surface area contributed by atoms with Gasteiger partial charge in [-0.1, -0.05) is 17.7 Å². The summed E-state index contributed by atoms with van der Waals surface area (Å²) in [7, 11) is 0. The summed E-state index contributed by atoms with van der Waals surface area (Å²) in [5.74, 6) is -0.155. The van der Waals surface area contributed by atoms with Gasteiger partial charge in [0.2, 0.25) is 0 Å². The molecule has 3 heteroatoms. The molecular weight excluding hydrogens is 275 g/mol. The third-order valence-electron chi connectivity index (χ3n) is 4.17. The van der Waals surface area contributed by atoms with Gasteiger partial charge in [0.05, 0.1) is 11.4 Å². The van der Waals surface area contributed by atoms with Crippen molar-refractivity contribution in [1.82, 2.24) is 0 Å². The Morgan fingerprint density at radius 1 is 1.05 bits per heavy atom. The Labute approximate surface area is 131 Å². The number of aryl methyl sites for hydroxylation is 2. The van der Waals surface area contributed by atoms with E-state index >= 15 is 0 Å². The molecule has 0 N–H and O–H groups in total. The molecule has 0 bridgehead atoms. The molecule has 2 nitrogen and oxygen atoms in total. The topological polar surface area (TPSA) is 15.6 Å². The first-order valence-corrected chi connectivity index (χ1v) is 7.79. The SMILES string of the molecule is Cc1ccc(N=Cc2cc(F)c(N3CCCC3)cc2C)cc1. The molecular formula is C19H21FN2. The molecule has 0 atom stereocenters. The molecule has 0 radical (unpaired) electrons. The number of aliphatic imine (C=N–C) groups is 1. The Kier molecular flexibility index (Phi) is 4.23. The van der Waals surface area contributed by atoms with Gasteiger partial charge in [0.1, 0.15) is 5.82 Å². The summed E-state index contributed by atoms with van der Waals surface area (Å²) in [4.78, 5) is 6.57. The molecule has 22 heavy (non-hydrogen) atoms. The number of halogens is 1. The van der Waals surface area contributed by atoms with Crippen LogP contribution in [0.25, 0.3) is 0 Å². The van der Waals surface area contributed by atoms with Gasteiger partial charge in [0.25, 0.3) is 0 Å². The summed E-state index contributed by atoms with van der Waals surface area (Å²) in [6.07, 6.45) is 4.04. The fourth-order valence-corrected chi connectivity index (χ4v) is 2.80. The van der Waals surface area contributed by atoms with Gasteiger partial charge in [0.15, 0.2) is 0 Å². The molecule has 2 aromatic rings. The predicted octanol–water partition coefficient (Wildman–Crippen LogP) is 4.79. The van der Waals surface area contributed by atoms with Gasteiger partial charge in [0, 0.05) is 19.3 Å². The van der Waals surface area contributed by atoms with Crippen molar-refractivity contribution in [1.29, 1.82) is 0 Å². The second-order valence-corrected chi connectivity index (χ2v) is 5.95. The number of anilines is 1. The predicted molar refractivity (Wildman–Crippen MR) is 91.0 cm³/mol. The molecule has 0 unspecified atom stereocenters. The first-order valence-electron chi connectivity index (χ1n) is 7.79.